The van der Waals surface area contributed by atoms with E-state index in [9.17, 15) is 14.9 Å². The summed E-state index contributed by atoms with van der Waals surface area (Å²) in [6, 6.07) is 10.6. The zero-order valence-electron chi connectivity index (χ0n) is 12.8. The average molecular weight is 336 g/mol. The third-order valence-corrected chi connectivity index (χ3v) is 3.14. The van der Waals surface area contributed by atoms with Crippen LogP contribution in [-0.2, 0) is 0 Å². The number of carbonyl (C=O) groups excluding carboxylic acids is 1. The van der Waals surface area contributed by atoms with Crippen LogP contribution in [0.3, 0.4) is 0 Å². The van der Waals surface area contributed by atoms with E-state index < -0.39 is 10.8 Å². The van der Waals surface area contributed by atoms with Gasteiger partial charge >= 0.3 is 0 Å². The van der Waals surface area contributed by atoms with E-state index in [1.807, 2.05) is 0 Å². The molecule has 0 fully saturated rings. The number of nitrogens with one attached hydrogen (secondary N) is 2. The maximum Gasteiger partial charge on any atom is 0.274 e. The molecule has 2 N–H and O–H groups in total. The highest BCUT2D eigenvalue weighted by Crippen LogP contribution is 2.18. The van der Waals surface area contributed by atoms with Crippen LogP contribution in [0.4, 0.5) is 23.0 Å². The van der Waals surface area contributed by atoms with Crippen molar-refractivity contribution in [1.29, 1.82) is 0 Å². The molecule has 0 saturated heterocycles. The second kappa shape index (κ2) is 7.13. The molecule has 3 aromatic rings. The number of anilines is 3. The lowest BCUT2D eigenvalue weighted by Crippen LogP contribution is -2.14. The Morgan fingerprint density at radius 1 is 1.04 bits per heavy atom. The van der Waals surface area contributed by atoms with E-state index in [2.05, 4.69) is 25.6 Å². The number of benzene rings is 1. The molecule has 9 heteroatoms. The number of nitro benzene ring substituents is 1. The van der Waals surface area contributed by atoms with Gasteiger partial charge in [0, 0.05) is 42.1 Å². The molecule has 0 aliphatic heterocycles. The summed E-state index contributed by atoms with van der Waals surface area (Å²) in [5.74, 6) is -0.251. The summed E-state index contributed by atoms with van der Waals surface area (Å²) in [5.41, 5.74) is 1.05. The van der Waals surface area contributed by atoms with E-state index >= 15 is 0 Å². The first-order chi connectivity index (χ1) is 12.1. The number of amides is 1. The molecule has 124 valence electrons. The number of pyridine rings is 1. The molecule has 25 heavy (non-hydrogen) atoms. The van der Waals surface area contributed by atoms with Crippen molar-refractivity contribution < 1.29 is 9.72 Å². The number of rotatable bonds is 5. The predicted molar refractivity (Wildman–Crippen MR) is 90.6 cm³/mol. The fourth-order valence-corrected chi connectivity index (χ4v) is 2.00. The number of hydrogen-bond donors (Lipinski definition) is 2. The Labute approximate surface area is 141 Å². The average Bonchev–Trinajstić information content (AvgIpc) is 2.63. The van der Waals surface area contributed by atoms with Crippen molar-refractivity contribution >= 4 is 28.9 Å². The number of hydrogen-bond acceptors (Lipinski definition) is 7. The van der Waals surface area contributed by atoms with Crippen molar-refractivity contribution in [3.8, 4) is 0 Å². The first-order valence-electron chi connectivity index (χ1n) is 7.18. The van der Waals surface area contributed by atoms with Gasteiger partial charge in [0.1, 0.15) is 5.69 Å². The topological polar surface area (TPSA) is 123 Å². The summed E-state index contributed by atoms with van der Waals surface area (Å²) < 4.78 is 0. The summed E-state index contributed by atoms with van der Waals surface area (Å²) >= 11 is 0. The van der Waals surface area contributed by atoms with Crippen molar-refractivity contribution in [2.75, 3.05) is 10.6 Å². The van der Waals surface area contributed by atoms with Crippen LogP contribution in [0, 0.1) is 10.1 Å². The largest absolute Gasteiger partial charge is 0.324 e. The molecule has 0 spiro atoms. The van der Waals surface area contributed by atoms with Gasteiger partial charge in [-0.1, -0.05) is 6.07 Å². The molecule has 3 rings (SSSR count). The highest BCUT2D eigenvalue weighted by Gasteiger charge is 2.12. The van der Waals surface area contributed by atoms with Crippen molar-refractivity contribution in [2.45, 2.75) is 0 Å². The Bertz CT molecular complexity index is 917. The van der Waals surface area contributed by atoms with Gasteiger partial charge in [-0.05, 0) is 24.3 Å². The van der Waals surface area contributed by atoms with Gasteiger partial charge in [-0.15, -0.1) is 0 Å². The van der Waals surface area contributed by atoms with Crippen molar-refractivity contribution in [3.63, 3.8) is 0 Å². The molecule has 1 aromatic carbocycles. The van der Waals surface area contributed by atoms with Crippen LogP contribution in [0.25, 0.3) is 0 Å². The Morgan fingerprint density at radius 2 is 1.84 bits per heavy atom. The van der Waals surface area contributed by atoms with Crippen LogP contribution < -0.4 is 10.6 Å². The van der Waals surface area contributed by atoms with Crippen LogP contribution in [0.2, 0.25) is 0 Å². The first kappa shape index (κ1) is 16.0. The standard InChI is InChI=1S/C16H12N6O3/c23-15(19-12-2-1-3-13(10-12)22(24)25)14-6-9-18-16(21-14)20-11-4-7-17-8-5-11/h1-10H,(H,19,23)(H,17,18,20,21). The summed E-state index contributed by atoms with van der Waals surface area (Å²) in [6.45, 7) is 0. The zero-order valence-corrected chi connectivity index (χ0v) is 12.8. The molecule has 0 atom stereocenters. The lowest BCUT2D eigenvalue weighted by Gasteiger charge is -2.07. The maximum atomic E-state index is 12.3. The summed E-state index contributed by atoms with van der Waals surface area (Å²) in [5, 5.41) is 16.3. The summed E-state index contributed by atoms with van der Waals surface area (Å²) in [4.78, 5) is 34.6. The zero-order chi connectivity index (χ0) is 17.6. The Balaban J connectivity index is 1.75. The van der Waals surface area contributed by atoms with Gasteiger partial charge in [0.15, 0.2) is 0 Å². The number of aromatic nitrogens is 3. The van der Waals surface area contributed by atoms with Crippen molar-refractivity contribution in [3.05, 3.63) is 76.9 Å². The normalized spacial score (nSPS) is 10.1. The van der Waals surface area contributed by atoms with E-state index in [1.165, 1.54) is 30.5 Å². The van der Waals surface area contributed by atoms with Gasteiger partial charge in [-0.2, -0.15) is 0 Å². The molecule has 0 unspecified atom stereocenters. The van der Waals surface area contributed by atoms with Crippen LogP contribution in [-0.4, -0.2) is 25.8 Å². The third kappa shape index (κ3) is 4.10. The minimum atomic E-state index is -0.531. The number of non-ortho nitro benzene ring substituents is 1. The molecule has 0 radical (unpaired) electrons. The van der Waals surface area contributed by atoms with Gasteiger partial charge in [-0.25, -0.2) is 9.97 Å². The van der Waals surface area contributed by atoms with Crippen LogP contribution >= 0.6 is 0 Å². The van der Waals surface area contributed by atoms with Gasteiger partial charge in [0.2, 0.25) is 5.95 Å². The van der Waals surface area contributed by atoms with Crippen molar-refractivity contribution in [2.24, 2.45) is 0 Å². The number of carbonyl (C=O) groups is 1. The molecule has 2 heterocycles. The minimum absolute atomic E-state index is 0.111. The van der Waals surface area contributed by atoms with Crippen molar-refractivity contribution in [1.82, 2.24) is 15.0 Å². The molecule has 0 saturated carbocycles. The van der Waals surface area contributed by atoms with Crippen LogP contribution in [0.5, 0.6) is 0 Å². The Morgan fingerprint density at radius 3 is 2.60 bits per heavy atom. The molecule has 0 aliphatic rings. The number of nitro groups is 1. The highest BCUT2D eigenvalue weighted by molar-refractivity contribution is 6.03. The predicted octanol–water partition coefficient (Wildman–Crippen LogP) is 2.78. The second-order valence-corrected chi connectivity index (χ2v) is 4.89. The van der Waals surface area contributed by atoms with E-state index in [1.54, 1.807) is 30.6 Å². The second-order valence-electron chi connectivity index (χ2n) is 4.89. The van der Waals surface area contributed by atoms with Gasteiger partial charge in [0.25, 0.3) is 11.6 Å². The fourth-order valence-electron chi connectivity index (χ4n) is 2.00. The van der Waals surface area contributed by atoms with E-state index in [4.69, 9.17) is 0 Å². The molecule has 9 nitrogen and oxygen atoms in total. The molecule has 2 aromatic heterocycles. The smallest absolute Gasteiger partial charge is 0.274 e. The lowest BCUT2D eigenvalue weighted by atomic mass is 10.2. The van der Waals surface area contributed by atoms with Gasteiger partial charge in [-0.3, -0.25) is 19.9 Å². The summed E-state index contributed by atoms with van der Waals surface area (Å²) in [7, 11) is 0. The Kier molecular flexibility index (Phi) is 4.56. The fraction of sp³-hybridized carbons (Fsp3) is 0. The maximum absolute atomic E-state index is 12.3. The monoisotopic (exact) mass is 336 g/mol. The number of nitrogens with zero attached hydrogens (tertiary/aromatic N) is 4. The molecule has 1 amide bonds. The minimum Gasteiger partial charge on any atom is -0.324 e. The lowest BCUT2D eigenvalue weighted by molar-refractivity contribution is -0.384. The van der Waals surface area contributed by atoms with Gasteiger partial charge < -0.3 is 10.6 Å². The SMILES string of the molecule is O=C(Nc1cccc([N+](=O)[O-])c1)c1ccnc(Nc2ccncc2)n1. The molecular weight excluding hydrogens is 324 g/mol. The quantitative estimate of drug-likeness (QED) is 0.542. The van der Waals surface area contributed by atoms with E-state index in [0.29, 0.717) is 5.69 Å². The van der Waals surface area contributed by atoms with Crippen LogP contribution in [0.1, 0.15) is 10.5 Å². The summed E-state index contributed by atoms with van der Waals surface area (Å²) in [6.07, 6.45) is 4.67. The highest BCUT2D eigenvalue weighted by atomic mass is 16.6. The van der Waals surface area contributed by atoms with E-state index in [0.717, 1.165) is 5.69 Å². The van der Waals surface area contributed by atoms with Crippen LogP contribution in [0.15, 0.2) is 61.1 Å². The molecule has 0 aliphatic carbocycles. The molecular formula is C16H12N6O3. The van der Waals surface area contributed by atoms with Gasteiger partial charge in [0.05, 0.1) is 4.92 Å². The molecule has 0 bridgehead atoms. The first-order valence-corrected chi connectivity index (χ1v) is 7.18. The Hall–Kier alpha value is -3.88. The van der Waals surface area contributed by atoms with E-state index in [-0.39, 0.29) is 17.3 Å². The third-order valence-electron chi connectivity index (χ3n) is 3.14.